The van der Waals surface area contributed by atoms with Crippen LogP contribution in [0.1, 0.15) is 18.5 Å². The van der Waals surface area contributed by atoms with Gasteiger partial charge in [0.25, 0.3) is 0 Å². The van der Waals surface area contributed by atoms with Crippen LogP contribution in [0.15, 0.2) is 42.7 Å². The summed E-state index contributed by atoms with van der Waals surface area (Å²) in [6, 6.07) is 7.65. The molecule has 0 aliphatic carbocycles. The van der Waals surface area contributed by atoms with Crippen molar-refractivity contribution in [2.24, 2.45) is 5.92 Å². The molecule has 0 radical (unpaired) electrons. The Labute approximate surface area is 138 Å². The zero-order chi connectivity index (χ0) is 17.0. The van der Waals surface area contributed by atoms with Crippen LogP contribution in [0.25, 0.3) is 0 Å². The molecule has 4 nitrogen and oxygen atoms in total. The van der Waals surface area contributed by atoms with Gasteiger partial charge in [-0.05, 0) is 43.0 Å². The molecule has 1 saturated heterocycles. The molecule has 0 saturated carbocycles. The normalized spacial score (nSPS) is 16.2. The summed E-state index contributed by atoms with van der Waals surface area (Å²) < 4.78 is 44.0. The summed E-state index contributed by atoms with van der Waals surface area (Å²) in [6.07, 6.45) is 0.674. The van der Waals surface area contributed by atoms with Crippen molar-refractivity contribution >= 4 is 5.82 Å². The second-order valence-corrected chi connectivity index (χ2v) is 5.80. The first-order valence-corrected chi connectivity index (χ1v) is 7.84. The number of halogens is 3. The molecule has 24 heavy (non-hydrogen) atoms. The van der Waals surface area contributed by atoms with E-state index in [1.807, 2.05) is 17.0 Å². The Balaban J connectivity index is 1.53. The molecule has 1 aliphatic heterocycles. The molecule has 0 amide bonds. The van der Waals surface area contributed by atoms with Gasteiger partial charge in [-0.15, -0.1) is 0 Å². The fourth-order valence-corrected chi connectivity index (χ4v) is 2.73. The Bertz CT molecular complexity index is 656. The fourth-order valence-electron chi connectivity index (χ4n) is 2.73. The molecule has 1 aliphatic rings. The van der Waals surface area contributed by atoms with E-state index >= 15 is 0 Å². The number of aromatic nitrogens is 2. The van der Waals surface area contributed by atoms with E-state index in [1.165, 1.54) is 6.07 Å². The van der Waals surface area contributed by atoms with Crippen molar-refractivity contribution in [2.45, 2.75) is 19.0 Å². The smallest absolute Gasteiger partial charge is 0.433 e. The number of alkyl halides is 3. The third-order valence-corrected chi connectivity index (χ3v) is 4.10. The fraction of sp³-hybridized carbons (Fsp3) is 0.412. The lowest BCUT2D eigenvalue weighted by molar-refractivity contribution is -0.141. The average Bonchev–Trinajstić information content (AvgIpc) is 2.61. The number of rotatable bonds is 4. The van der Waals surface area contributed by atoms with E-state index < -0.39 is 11.9 Å². The number of hydrogen-bond donors (Lipinski definition) is 0. The molecule has 0 atom stereocenters. The summed E-state index contributed by atoms with van der Waals surface area (Å²) >= 11 is 0. The highest BCUT2D eigenvalue weighted by Crippen LogP contribution is 2.30. The first-order valence-electron chi connectivity index (χ1n) is 7.84. The number of anilines is 1. The maximum absolute atomic E-state index is 12.8. The Kier molecular flexibility index (Phi) is 4.87. The number of piperidine rings is 1. The van der Waals surface area contributed by atoms with Gasteiger partial charge in [0.2, 0.25) is 0 Å². The number of ether oxygens (including phenoxy) is 1. The standard InChI is InChI=1S/C17H18F3N3O/c18-17(19,20)15-2-1-3-16(22-15)23-10-6-13(7-11-23)12-24-14-4-8-21-9-5-14/h1-5,8-9,13H,6-7,10-12H2. The monoisotopic (exact) mass is 337 g/mol. The molecule has 2 aromatic rings. The summed E-state index contributed by atoms with van der Waals surface area (Å²) in [5.74, 6) is 1.56. The van der Waals surface area contributed by atoms with Crippen molar-refractivity contribution in [3.05, 3.63) is 48.4 Å². The number of hydrogen-bond acceptors (Lipinski definition) is 4. The first-order chi connectivity index (χ1) is 11.5. The van der Waals surface area contributed by atoms with E-state index in [1.54, 1.807) is 18.5 Å². The van der Waals surface area contributed by atoms with Crippen LogP contribution >= 0.6 is 0 Å². The van der Waals surface area contributed by atoms with Crippen molar-refractivity contribution in [3.63, 3.8) is 0 Å². The first kappa shape index (κ1) is 16.5. The highest BCUT2D eigenvalue weighted by atomic mass is 19.4. The van der Waals surface area contributed by atoms with Crippen LogP contribution in [0.5, 0.6) is 5.75 Å². The second kappa shape index (κ2) is 7.07. The molecule has 0 unspecified atom stereocenters. The van der Waals surface area contributed by atoms with Crippen LogP contribution in [0.4, 0.5) is 19.0 Å². The van der Waals surface area contributed by atoms with Crippen molar-refractivity contribution in [3.8, 4) is 5.75 Å². The maximum atomic E-state index is 12.8. The minimum Gasteiger partial charge on any atom is -0.493 e. The molecule has 2 aromatic heterocycles. The van der Waals surface area contributed by atoms with Gasteiger partial charge in [-0.2, -0.15) is 13.2 Å². The molecule has 0 bridgehead atoms. The Morgan fingerprint density at radius 2 is 1.79 bits per heavy atom. The largest absolute Gasteiger partial charge is 0.493 e. The molecular weight excluding hydrogens is 319 g/mol. The lowest BCUT2D eigenvalue weighted by Gasteiger charge is -2.32. The van der Waals surface area contributed by atoms with E-state index in [2.05, 4.69) is 9.97 Å². The van der Waals surface area contributed by atoms with Gasteiger partial charge in [-0.3, -0.25) is 4.98 Å². The van der Waals surface area contributed by atoms with E-state index in [0.29, 0.717) is 31.4 Å². The highest BCUT2D eigenvalue weighted by Gasteiger charge is 2.33. The molecular formula is C17H18F3N3O. The number of nitrogens with zero attached hydrogens (tertiary/aromatic N) is 3. The molecule has 7 heteroatoms. The van der Waals surface area contributed by atoms with E-state index in [9.17, 15) is 13.2 Å². The predicted octanol–water partition coefficient (Wildman–Crippen LogP) is 3.79. The SMILES string of the molecule is FC(F)(F)c1cccc(N2CCC(COc3ccncc3)CC2)n1. The summed E-state index contributed by atoms with van der Waals surface area (Å²) in [4.78, 5) is 9.58. The maximum Gasteiger partial charge on any atom is 0.433 e. The van der Waals surface area contributed by atoms with Crippen LogP contribution < -0.4 is 9.64 Å². The lowest BCUT2D eigenvalue weighted by atomic mass is 9.98. The summed E-state index contributed by atoms with van der Waals surface area (Å²) in [6.45, 7) is 1.96. The van der Waals surface area contributed by atoms with Crippen molar-refractivity contribution < 1.29 is 17.9 Å². The van der Waals surface area contributed by atoms with E-state index in [4.69, 9.17) is 4.74 Å². The quantitative estimate of drug-likeness (QED) is 0.851. The van der Waals surface area contributed by atoms with Gasteiger partial charge in [-0.25, -0.2) is 4.98 Å². The molecule has 128 valence electrons. The minimum atomic E-state index is -4.41. The van der Waals surface area contributed by atoms with Crippen molar-refractivity contribution in [1.82, 2.24) is 9.97 Å². The van der Waals surface area contributed by atoms with Crippen LogP contribution in [0, 0.1) is 5.92 Å². The third-order valence-electron chi connectivity index (χ3n) is 4.10. The van der Waals surface area contributed by atoms with Crippen LogP contribution in [0.2, 0.25) is 0 Å². The molecule has 3 rings (SSSR count). The van der Waals surface area contributed by atoms with Crippen LogP contribution in [-0.4, -0.2) is 29.7 Å². The van der Waals surface area contributed by atoms with E-state index in [-0.39, 0.29) is 0 Å². The van der Waals surface area contributed by atoms with Gasteiger partial charge in [0.05, 0.1) is 6.61 Å². The molecule has 0 spiro atoms. The topological polar surface area (TPSA) is 38.2 Å². The van der Waals surface area contributed by atoms with Gasteiger partial charge >= 0.3 is 6.18 Å². The zero-order valence-corrected chi connectivity index (χ0v) is 13.0. The average molecular weight is 337 g/mol. The highest BCUT2D eigenvalue weighted by molar-refractivity contribution is 5.40. The molecule has 1 fully saturated rings. The van der Waals surface area contributed by atoms with Crippen molar-refractivity contribution in [2.75, 3.05) is 24.6 Å². The van der Waals surface area contributed by atoms with Crippen LogP contribution in [-0.2, 0) is 6.18 Å². The van der Waals surface area contributed by atoms with Gasteiger partial charge < -0.3 is 9.64 Å². The summed E-state index contributed by atoms with van der Waals surface area (Å²) in [5, 5.41) is 0. The number of pyridine rings is 2. The second-order valence-electron chi connectivity index (χ2n) is 5.80. The van der Waals surface area contributed by atoms with Crippen LogP contribution in [0.3, 0.4) is 0 Å². The third kappa shape index (κ3) is 4.15. The predicted molar refractivity (Wildman–Crippen MR) is 83.9 cm³/mol. The van der Waals surface area contributed by atoms with Gasteiger partial charge in [0.15, 0.2) is 0 Å². The molecule has 0 aromatic carbocycles. The van der Waals surface area contributed by atoms with Gasteiger partial charge in [-0.1, -0.05) is 6.07 Å². The van der Waals surface area contributed by atoms with Gasteiger partial charge in [0.1, 0.15) is 17.3 Å². The Morgan fingerprint density at radius 1 is 1.08 bits per heavy atom. The molecule has 0 N–H and O–H groups in total. The summed E-state index contributed by atoms with van der Waals surface area (Å²) in [5.41, 5.74) is -0.844. The zero-order valence-electron chi connectivity index (χ0n) is 13.0. The van der Waals surface area contributed by atoms with Crippen molar-refractivity contribution in [1.29, 1.82) is 0 Å². The summed E-state index contributed by atoms with van der Waals surface area (Å²) in [7, 11) is 0. The van der Waals surface area contributed by atoms with Gasteiger partial charge in [0, 0.05) is 25.5 Å². The molecule has 3 heterocycles. The minimum absolute atomic E-state index is 0.387. The van der Waals surface area contributed by atoms with E-state index in [0.717, 1.165) is 24.7 Å². The lowest BCUT2D eigenvalue weighted by Crippen LogP contribution is -2.36. The Hall–Kier alpha value is -2.31. The Morgan fingerprint density at radius 3 is 2.46 bits per heavy atom.